The minimum atomic E-state index is 0.532. The molecule has 0 fully saturated rings. The summed E-state index contributed by atoms with van der Waals surface area (Å²) in [6.45, 7) is 4.01. The maximum Gasteiger partial charge on any atom is 0.191 e. The number of nitrogens with one attached hydrogen (secondary N) is 4. The largest absolute Gasteiger partial charge is 0.366 e. The van der Waals surface area contributed by atoms with Crippen LogP contribution in [0.5, 0.6) is 0 Å². The maximum atomic E-state index is 5.37. The summed E-state index contributed by atoms with van der Waals surface area (Å²) in [5.74, 6) is 1.62. The van der Waals surface area contributed by atoms with Gasteiger partial charge < -0.3 is 20.9 Å². The van der Waals surface area contributed by atoms with Gasteiger partial charge in [-0.1, -0.05) is 42.1 Å². The van der Waals surface area contributed by atoms with Gasteiger partial charge in [0.05, 0.1) is 11.9 Å². The van der Waals surface area contributed by atoms with E-state index < -0.39 is 0 Å². The molecule has 4 N–H and O–H groups in total. The van der Waals surface area contributed by atoms with Crippen molar-refractivity contribution in [3.05, 3.63) is 60.6 Å². The fourth-order valence-corrected chi connectivity index (χ4v) is 4.82. The maximum absolute atomic E-state index is 5.37. The lowest BCUT2D eigenvalue weighted by Crippen LogP contribution is -2.32. The molecule has 0 saturated carbocycles. The summed E-state index contributed by atoms with van der Waals surface area (Å²) in [6.07, 6.45) is 7.37. The van der Waals surface area contributed by atoms with Crippen molar-refractivity contribution in [2.45, 2.75) is 31.5 Å². The Morgan fingerprint density at radius 2 is 2.05 bits per heavy atom. The lowest BCUT2D eigenvalue weighted by molar-refractivity contribution is 0.601. The molecule has 10 nitrogen and oxygen atoms in total. The Hall–Kier alpha value is -3.77. The molecule has 0 aliphatic rings. The highest BCUT2D eigenvalue weighted by Gasteiger charge is 2.15. The molecule has 0 atom stereocenters. The smallest absolute Gasteiger partial charge is 0.191 e. The summed E-state index contributed by atoms with van der Waals surface area (Å²) < 4.78 is 1.87. The monoisotopic (exact) mass is 532 g/mol. The molecule has 0 unspecified atom stereocenters. The molecule has 0 amide bonds. The summed E-state index contributed by atoms with van der Waals surface area (Å²) in [7, 11) is 0. The topological polar surface area (TPSA) is 121 Å². The van der Waals surface area contributed by atoms with Crippen molar-refractivity contribution in [3.63, 3.8) is 0 Å². The number of thioether (sulfide) groups is 1. The Kier molecular flexibility index (Phi) is 8.06. The van der Waals surface area contributed by atoms with Crippen LogP contribution in [0.4, 0.5) is 11.5 Å². The molecule has 0 spiro atoms. The summed E-state index contributed by atoms with van der Waals surface area (Å²) in [6, 6.07) is 12.1. The van der Waals surface area contributed by atoms with Gasteiger partial charge in [-0.2, -0.15) is 0 Å². The molecule has 0 aliphatic carbocycles. The second kappa shape index (κ2) is 12.0. The zero-order valence-electron chi connectivity index (χ0n) is 20.4. The second-order valence-corrected chi connectivity index (χ2v) is 9.82. The molecule has 5 rings (SSSR count). The fourth-order valence-electron chi connectivity index (χ4n) is 3.90. The van der Waals surface area contributed by atoms with E-state index in [2.05, 4.69) is 67.6 Å². The first-order chi connectivity index (χ1) is 18.2. The molecule has 0 saturated heterocycles. The van der Waals surface area contributed by atoms with E-state index in [1.54, 1.807) is 24.2 Å². The van der Waals surface area contributed by atoms with Crippen molar-refractivity contribution < 1.29 is 0 Å². The Bertz CT molecular complexity index is 1480. The van der Waals surface area contributed by atoms with Crippen molar-refractivity contribution in [1.29, 1.82) is 0 Å². The van der Waals surface area contributed by atoms with Crippen LogP contribution in [0, 0.1) is 0 Å². The van der Waals surface area contributed by atoms with Crippen molar-refractivity contribution >= 4 is 62.7 Å². The van der Waals surface area contributed by atoms with Gasteiger partial charge >= 0.3 is 0 Å². The number of nitrogens with zero attached hydrogens (tertiary/aromatic N) is 6. The number of pyridine rings is 1. The number of hydrogen-bond donors (Lipinski definition) is 4. The van der Waals surface area contributed by atoms with E-state index >= 15 is 0 Å². The van der Waals surface area contributed by atoms with Crippen LogP contribution in [0.2, 0.25) is 0 Å². The van der Waals surface area contributed by atoms with E-state index in [0.29, 0.717) is 41.2 Å². The van der Waals surface area contributed by atoms with Crippen LogP contribution in [0.15, 0.2) is 60.1 Å². The molecule has 12 heteroatoms. The van der Waals surface area contributed by atoms with E-state index in [9.17, 15) is 0 Å². The highest BCUT2D eigenvalue weighted by Crippen LogP contribution is 2.24. The normalized spacial score (nSPS) is 11.2. The molecule has 190 valence electrons. The number of aryl methyl sites for hydroxylation is 2. The number of aromatic nitrogens is 7. The quantitative estimate of drug-likeness (QED) is 0.0850. The van der Waals surface area contributed by atoms with E-state index in [0.717, 1.165) is 35.4 Å². The minimum absolute atomic E-state index is 0.532. The van der Waals surface area contributed by atoms with Crippen molar-refractivity contribution in [2.24, 2.45) is 0 Å². The lowest BCUT2D eigenvalue weighted by atomic mass is 10.1. The zero-order valence-corrected chi connectivity index (χ0v) is 22.1. The highest BCUT2D eigenvalue weighted by molar-refractivity contribution is 7.99. The van der Waals surface area contributed by atoms with E-state index in [1.807, 2.05) is 22.9 Å². The third kappa shape index (κ3) is 6.15. The standard InChI is InChI=1S/C25H28N10S2/c1-2-14-37-25-31-22(27-11-12-28-24(36)30-18-6-5-10-26-16-18)21-23(32-25)35(34-33-21)13-9-17-15-29-20-8-4-3-7-19(17)20/h3-8,10,15-16,29H,2,9,11-14H2,1H3,(H,27,31,32)(H2,28,30,36). The van der Waals surface area contributed by atoms with Crippen LogP contribution in [0.3, 0.4) is 0 Å². The highest BCUT2D eigenvalue weighted by atomic mass is 32.2. The summed E-state index contributed by atoms with van der Waals surface area (Å²) >= 11 is 7.01. The van der Waals surface area contributed by atoms with Gasteiger partial charge in [-0.15, -0.1) is 5.10 Å². The summed E-state index contributed by atoms with van der Waals surface area (Å²) in [5, 5.41) is 21.0. The molecular formula is C25H28N10S2. The van der Waals surface area contributed by atoms with Gasteiger partial charge in [-0.3, -0.25) is 4.98 Å². The van der Waals surface area contributed by atoms with Crippen LogP contribution in [-0.2, 0) is 13.0 Å². The van der Waals surface area contributed by atoms with Crippen LogP contribution >= 0.6 is 24.0 Å². The minimum Gasteiger partial charge on any atom is -0.366 e. The first-order valence-electron chi connectivity index (χ1n) is 12.2. The molecule has 0 bridgehead atoms. The molecule has 4 aromatic heterocycles. The van der Waals surface area contributed by atoms with Crippen LogP contribution < -0.4 is 16.0 Å². The van der Waals surface area contributed by atoms with Crippen LogP contribution in [0.1, 0.15) is 18.9 Å². The van der Waals surface area contributed by atoms with Gasteiger partial charge in [-0.25, -0.2) is 14.6 Å². The van der Waals surface area contributed by atoms with Crippen molar-refractivity contribution in [3.8, 4) is 0 Å². The average Bonchev–Trinajstić information content (AvgIpc) is 3.53. The van der Waals surface area contributed by atoms with Gasteiger partial charge in [0.2, 0.25) is 0 Å². The number of hydrogen-bond acceptors (Lipinski definition) is 8. The van der Waals surface area contributed by atoms with Gasteiger partial charge in [0.15, 0.2) is 27.3 Å². The van der Waals surface area contributed by atoms with Crippen molar-refractivity contribution in [1.82, 2.24) is 40.2 Å². The van der Waals surface area contributed by atoms with Gasteiger partial charge in [-0.05, 0) is 48.8 Å². The summed E-state index contributed by atoms with van der Waals surface area (Å²) in [5.41, 5.74) is 4.62. The number of fused-ring (bicyclic) bond motifs is 2. The molecule has 0 radical (unpaired) electrons. The Labute approximate surface area is 224 Å². The Morgan fingerprint density at radius 1 is 1.14 bits per heavy atom. The number of thiocarbonyl (C=S) groups is 1. The van der Waals surface area contributed by atoms with E-state index in [1.165, 1.54) is 10.9 Å². The van der Waals surface area contributed by atoms with Crippen molar-refractivity contribution in [2.75, 3.05) is 29.5 Å². The van der Waals surface area contributed by atoms with Crippen LogP contribution in [0.25, 0.3) is 22.1 Å². The van der Waals surface area contributed by atoms with Crippen LogP contribution in [-0.4, -0.2) is 58.9 Å². The second-order valence-electron chi connectivity index (χ2n) is 8.35. The molecule has 1 aromatic carbocycles. The number of H-pyrrole nitrogens is 1. The lowest BCUT2D eigenvalue weighted by Gasteiger charge is -2.11. The number of rotatable bonds is 11. The van der Waals surface area contributed by atoms with Gasteiger partial charge in [0.25, 0.3) is 0 Å². The molecule has 4 heterocycles. The van der Waals surface area contributed by atoms with E-state index in [-0.39, 0.29) is 0 Å². The number of para-hydroxylation sites is 1. The predicted octanol–water partition coefficient (Wildman–Crippen LogP) is 4.24. The van der Waals surface area contributed by atoms with Gasteiger partial charge in [0.1, 0.15) is 0 Å². The molecule has 0 aliphatic heterocycles. The SMILES string of the molecule is CCCSc1nc(NCCNC(=S)Nc2cccnc2)c2nnn(CCc3c[nH]c4ccccc34)c2n1. The predicted molar refractivity (Wildman–Crippen MR) is 153 cm³/mol. The third-order valence-electron chi connectivity index (χ3n) is 5.67. The molecule has 5 aromatic rings. The molecule has 37 heavy (non-hydrogen) atoms. The number of anilines is 2. The Balaban J connectivity index is 1.26. The van der Waals surface area contributed by atoms with Gasteiger partial charge in [0, 0.05) is 48.7 Å². The first-order valence-corrected chi connectivity index (χ1v) is 13.6. The third-order valence-corrected chi connectivity index (χ3v) is 6.97. The average molecular weight is 533 g/mol. The first kappa shape index (κ1) is 24.9. The summed E-state index contributed by atoms with van der Waals surface area (Å²) in [4.78, 5) is 16.9. The number of benzene rings is 1. The Morgan fingerprint density at radius 3 is 2.92 bits per heavy atom. The fraction of sp³-hybridized carbons (Fsp3) is 0.280. The van der Waals surface area contributed by atoms with E-state index in [4.69, 9.17) is 22.2 Å². The molecular weight excluding hydrogens is 504 g/mol. The number of aromatic amines is 1. The zero-order chi connectivity index (χ0) is 25.5.